The van der Waals surface area contributed by atoms with E-state index in [9.17, 15) is 13.2 Å². The maximum Gasteiger partial charge on any atom is 0.573 e. The second kappa shape index (κ2) is 70.1. The Kier molecular flexibility index (Phi) is 66.9. The number of hydrogen-bond donors (Lipinski definition) is 3. The van der Waals surface area contributed by atoms with Crippen molar-refractivity contribution in [1.82, 2.24) is 15.0 Å². The quantitative estimate of drug-likeness (QED) is 0.0844. The number of thiol groups is 3. The molecule has 0 unspecified atom stereocenters. The van der Waals surface area contributed by atoms with Gasteiger partial charge in [-0.15, -0.1) is 25.8 Å². The van der Waals surface area contributed by atoms with Crippen molar-refractivity contribution in [2.75, 3.05) is 11.5 Å². The molecule has 0 radical (unpaired) electrons. The Hall–Kier alpha value is -7.19. The molecule has 0 N–H and O–H groups in total. The standard InChI is InChI=1S/C10H14.C9H11Cl.C9H12.C8H9ClS.2C8H9Cl.C8H7F3O.C8H11N.C8H10S.C7H7Cl.C7H10N2.C6H5ClS.2CH4/c1-8(2)10-6-4-9(3)5-7-10;1-2-3-8-4-6-9(10)7-5-8;1-2-6-9-7-4-3-5-8-9;9-8-3-1-7(2-4-8)5-6-10;2*1-2-7-3-5-8(9)6-4-7;1-6-2-4-7(5-3-6)12-8(9,10)11;1-2-5-8-6-3-4-7-9-8;9-7-6-8-4-2-1-3-5-8;1-6-2-4-7(8)5-3-6;1-2-3-7-6-8-4-5-9-7;7-5-3-1-2-4-6(5)8;;/h4-8H,1-3H3;4-7H,2-3H2,1H3;3-5,7-8H,2,6H2,1H3;1-4,10H,5-6H2;2*3-6H,2H2,1H3;2-5H,1H3;3-4,6-7H,2,5H2,1H3;1-5,9H,6-7H2;2-5H,1H3;4-6H,2-3H2,1H3;1-4,8H;2*1H4. The molecule has 114 heavy (non-hydrogen) atoms. The molecule has 0 atom stereocenters. The molecule has 0 amide bonds. The van der Waals surface area contributed by atoms with E-state index in [1.807, 2.05) is 171 Å². The lowest BCUT2D eigenvalue weighted by Gasteiger charge is -2.08. The summed E-state index contributed by atoms with van der Waals surface area (Å²) in [5.41, 5.74) is 15.3. The van der Waals surface area contributed by atoms with Crippen molar-refractivity contribution in [3.8, 4) is 5.75 Å². The van der Waals surface area contributed by atoms with Crippen LogP contribution in [0.2, 0.25) is 30.1 Å². The van der Waals surface area contributed by atoms with Crippen LogP contribution in [0.25, 0.3) is 0 Å². The van der Waals surface area contributed by atoms with Crippen molar-refractivity contribution in [3.63, 3.8) is 0 Å². The normalized spacial score (nSPS) is 9.61. The van der Waals surface area contributed by atoms with Crippen molar-refractivity contribution in [2.45, 2.75) is 185 Å². The van der Waals surface area contributed by atoms with E-state index < -0.39 is 6.36 Å². The van der Waals surface area contributed by atoms with E-state index in [0.717, 1.165) is 104 Å². The third-order valence-electron chi connectivity index (χ3n) is 15.3. The minimum absolute atomic E-state index is 0. The Morgan fingerprint density at radius 1 is 0.351 bits per heavy atom. The molecule has 4 nitrogen and oxygen atoms in total. The highest BCUT2D eigenvalue weighted by molar-refractivity contribution is 7.80. The summed E-state index contributed by atoms with van der Waals surface area (Å²) < 4.78 is 38.5. The van der Waals surface area contributed by atoms with Crippen LogP contribution in [0.15, 0.2) is 303 Å². The van der Waals surface area contributed by atoms with Crippen LogP contribution in [0.4, 0.5) is 13.2 Å². The Labute approximate surface area is 731 Å². The van der Waals surface area contributed by atoms with Gasteiger partial charge in [-0.1, -0.05) is 358 Å². The van der Waals surface area contributed by atoms with Gasteiger partial charge in [0.25, 0.3) is 0 Å². The van der Waals surface area contributed by atoms with Crippen LogP contribution in [-0.4, -0.2) is 32.8 Å². The number of benzene rings is 10. The van der Waals surface area contributed by atoms with Gasteiger partial charge < -0.3 is 4.74 Å². The molecule has 0 fully saturated rings. The zero-order chi connectivity index (χ0) is 83.0. The third-order valence-corrected chi connectivity index (χ3v) is 17.8. The fourth-order valence-electron chi connectivity index (χ4n) is 9.06. The lowest BCUT2D eigenvalue weighted by atomic mass is 10.0. The first-order chi connectivity index (χ1) is 53.8. The van der Waals surface area contributed by atoms with Crippen molar-refractivity contribution >= 4 is 107 Å². The highest BCUT2D eigenvalue weighted by Gasteiger charge is 2.30. The molecule has 12 aromatic rings. The summed E-state index contributed by atoms with van der Waals surface area (Å²) in [4.78, 5) is 13.0. The third kappa shape index (κ3) is 60.3. The zero-order valence-electron chi connectivity index (χ0n) is 66.8. The van der Waals surface area contributed by atoms with Gasteiger partial charge in [-0.25, -0.2) is 0 Å². The van der Waals surface area contributed by atoms with Crippen molar-refractivity contribution in [2.24, 2.45) is 0 Å². The second-order valence-corrected chi connectivity index (χ2v) is 29.3. The van der Waals surface area contributed by atoms with E-state index in [1.165, 1.54) is 93.6 Å². The van der Waals surface area contributed by atoms with Gasteiger partial charge in [0.1, 0.15) is 5.75 Å². The molecule has 0 aliphatic carbocycles. The predicted molar refractivity (Wildman–Crippen MR) is 506 cm³/mol. The summed E-state index contributed by atoms with van der Waals surface area (Å²) >= 11 is 46.3. The number of ether oxygens (including phenoxy) is 1. The minimum atomic E-state index is -4.60. The van der Waals surface area contributed by atoms with Crippen LogP contribution >= 0.6 is 107 Å². The molecule has 2 aromatic heterocycles. The average Bonchev–Trinajstić information content (AvgIpc) is 0.901. The Morgan fingerprint density at radius 2 is 0.675 bits per heavy atom. The fraction of sp³-hybridized carbons (Fsp3) is 0.296. The zero-order valence-corrected chi connectivity index (χ0v) is 74.0. The van der Waals surface area contributed by atoms with Gasteiger partial charge in [0, 0.05) is 60.5 Å². The number of aromatic nitrogens is 3. The summed E-state index contributed by atoms with van der Waals surface area (Å²) in [7, 11) is 0. The molecular weight excluding hydrogens is 1600 g/mol. The number of alkyl halides is 3. The predicted octanol–water partition coefficient (Wildman–Crippen LogP) is 32.7. The van der Waals surface area contributed by atoms with E-state index in [1.54, 1.807) is 31.5 Å². The van der Waals surface area contributed by atoms with Gasteiger partial charge in [-0.2, -0.15) is 25.3 Å². The Morgan fingerprint density at radius 3 is 0.991 bits per heavy atom. The number of halogens is 9. The maximum absolute atomic E-state index is 11.6. The highest BCUT2D eigenvalue weighted by Crippen LogP contribution is 2.23. The molecule has 16 heteroatoms. The monoisotopic (exact) mass is 1720 g/mol. The van der Waals surface area contributed by atoms with Crippen molar-refractivity contribution in [3.05, 3.63) is 395 Å². The molecule has 12 rings (SSSR count). The summed E-state index contributed by atoms with van der Waals surface area (Å²) in [5, 5.41) is 4.74. The van der Waals surface area contributed by atoms with Crippen LogP contribution in [0.3, 0.4) is 0 Å². The second-order valence-electron chi connectivity index (χ2n) is 25.3. The maximum atomic E-state index is 11.6. The molecular formula is C98H122Cl6F3N3OS3. The lowest BCUT2D eigenvalue weighted by molar-refractivity contribution is -0.274. The average molecular weight is 1720 g/mol. The highest BCUT2D eigenvalue weighted by atomic mass is 35.5. The molecule has 0 spiro atoms. The summed E-state index contributed by atoms with van der Waals surface area (Å²) in [6.07, 6.45) is 16.0. The Balaban J connectivity index is 0. The van der Waals surface area contributed by atoms with E-state index in [4.69, 9.17) is 69.6 Å². The van der Waals surface area contributed by atoms with Crippen molar-refractivity contribution in [1.29, 1.82) is 0 Å². The van der Waals surface area contributed by atoms with Crippen LogP contribution < -0.4 is 4.74 Å². The summed E-state index contributed by atoms with van der Waals surface area (Å²) in [6, 6.07) is 88.3. The van der Waals surface area contributed by atoms with E-state index in [0.29, 0.717) is 10.9 Å². The Bertz CT molecular complexity index is 3840. The van der Waals surface area contributed by atoms with Crippen LogP contribution in [0, 0.1) is 20.8 Å². The number of nitrogens with zero attached hydrogens (tertiary/aromatic N) is 3. The molecule has 0 saturated carbocycles. The van der Waals surface area contributed by atoms with E-state index >= 15 is 0 Å². The minimum Gasteiger partial charge on any atom is -0.406 e. The van der Waals surface area contributed by atoms with Crippen LogP contribution in [0.1, 0.15) is 169 Å². The topological polar surface area (TPSA) is 47.9 Å². The fourth-order valence-corrected chi connectivity index (χ4v) is 10.5. The first-order valence-electron chi connectivity index (χ1n) is 37.8. The first-order valence-corrected chi connectivity index (χ1v) is 41.7. The SMILES string of the molecule is C.C.CCCc1ccc(Cl)cc1.CCCc1ccccc1.CCCc1ccccn1.CCCc1cnccn1.CCc1ccc(Cl)cc1.CCc1ccc(Cl)cc1.Cc1ccc(C(C)C)cc1.Cc1ccc(Cl)cc1.Cc1ccc(OC(F)(F)F)cc1.SCCc1ccc(Cl)cc1.SCCc1ccccc1.Sc1ccccc1Cl. The molecule has 616 valence electrons. The first kappa shape index (κ1) is 109. The smallest absolute Gasteiger partial charge is 0.406 e. The van der Waals surface area contributed by atoms with E-state index in [-0.39, 0.29) is 20.6 Å². The molecule has 0 aliphatic rings. The molecule has 0 aliphatic heterocycles. The van der Waals surface area contributed by atoms with Crippen LogP contribution in [-0.2, 0) is 51.4 Å². The lowest BCUT2D eigenvalue weighted by Crippen LogP contribution is -2.16. The summed E-state index contributed by atoms with van der Waals surface area (Å²) in [5.74, 6) is 2.29. The van der Waals surface area contributed by atoms with Gasteiger partial charge in [0.05, 0.1) is 10.7 Å². The van der Waals surface area contributed by atoms with Gasteiger partial charge in [0.15, 0.2) is 0 Å². The summed E-state index contributed by atoms with van der Waals surface area (Å²) in [6.45, 7) is 23.3. The molecule has 10 aromatic carbocycles. The van der Waals surface area contributed by atoms with Crippen molar-refractivity contribution < 1.29 is 17.9 Å². The van der Waals surface area contributed by atoms with Gasteiger partial charge in [-0.3, -0.25) is 15.0 Å². The van der Waals surface area contributed by atoms with Gasteiger partial charge >= 0.3 is 6.36 Å². The van der Waals surface area contributed by atoms with E-state index in [2.05, 4.69) is 217 Å². The molecule has 0 bridgehead atoms. The molecule has 0 saturated heterocycles. The number of pyridine rings is 1. The van der Waals surface area contributed by atoms with Gasteiger partial charge in [0.2, 0.25) is 0 Å². The largest absolute Gasteiger partial charge is 0.573 e. The van der Waals surface area contributed by atoms with Crippen LogP contribution in [0.5, 0.6) is 5.75 Å². The number of rotatable bonds is 16. The molecule has 2 heterocycles. The number of aryl methyl sites for hydroxylation is 11. The van der Waals surface area contributed by atoms with Gasteiger partial charge in [-0.05, 0) is 226 Å². The number of hydrogen-bond acceptors (Lipinski definition) is 7.